The first-order chi connectivity index (χ1) is 6.27. The van der Waals surface area contributed by atoms with Crippen LogP contribution in [0, 0.1) is 6.92 Å². The summed E-state index contributed by atoms with van der Waals surface area (Å²) < 4.78 is 5.37. The molecule has 0 saturated heterocycles. The molecule has 0 amide bonds. The van der Waals surface area contributed by atoms with Crippen LogP contribution in [0.15, 0.2) is 28.2 Å². The van der Waals surface area contributed by atoms with E-state index >= 15 is 0 Å². The fourth-order valence-corrected chi connectivity index (χ4v) is 1.73. The molecule has 0 aromatic carbocycles. The number of aliphatic hydroxyl groups is 1. The Kier molecular flexibility index (Phi) is 2.23. The number of aliphatic hydroxyl groups excluding tert-OH is 1. The van der Waals surface area contributed by atoms with Gasteiger partial charge in [-0.25, -0.2) is 0 Å². The van der Waals surface area contributed by atoms with Crippen molar-refractivity contribution in [3.8, 4) is 0 Å². The smallest absolute Gasteiger partial charge is 0.136 e. The fourth-order valence-electron chi connectivity index (χ4n) is 1.73. The maximum atomic E-state index is 9.87. The molecule has 0 aliphatic heterocycles. The molecule has 0 fully saturated rings. The molecule has 1 atom stereocenters. The van der Waals surface area contributed by atoms with Crippen LogP contribution in [0.25, 0.3) is 0 Å². The molecule has 2 rings (SSSR count). The van der Waals surface area contributed by atoms with Crippen molar-refractivity contribution in [3.05, 3.63) is 35.3 Å². The minimum Gasteiger partial charge on any atom is -0.463 e. The summed E-state index contributed by atoms with van der Waals surface area (Å²) in [5.41, 5.74) is 1.11. The van der Waals surface area contributed by atoms with Gasteiger partial charge in [0.1, 0.15) is 17.6 Å². The predicted molar refractivity (Wildman–Crippen MR) is 50.3 cm³/mol. The number of rotatable bonds is 2. The Bertz CT molecular complexity index is 323. The maximum Gasteiger partial charge on any atom is 0.136 e. The van der Waals surface area contributed by atoms with E-state index in [1.807, 2.05) is 19.1 Å². The molecule has 0 radical (unpaired) electrons. The van der Waals surface area contributed by atoms with Crippen molar-refractivity contribution < 1.29 is 9.52 Å². The lowest BCUT2D eigenvalue weighted by atomic mass is 10.1. The molecule has 1 aliphatic carbocycles. The first-order valence-electron chi connectivity index (χ1n) is 4.70. The largest absolute Gasteiger partial charge is 0.463 e. The van der Waals surface area contributed by atoms with Crippen molar-refractivity contribution >= 4 is 0 Å². The van der Waals surface area contributed by atoms with Crippen LogP contribution in [-0.4, -0.2) is 5.11 Å². The van der Waals surface area contributed by atoms with Crippen molar-refractivity contribution in [3.63, 3.8) is 0 Å². The Labute approximate surface area is 77.9 Å². The molecule has 13 heavy (non-hydrogen) atoms. The van der Waals surface area contributed by atoms with Crippen LogP contribution in [0.2, 0.25) is 0 Å². The van der Waals surface area contributed by atoms with Crippen LogP contribution in [0.5, 0.6) is 0 Å². The van der Waals surface area contributed by atoms with Crippen molar-refractivity contribution in [1.29, 1.82) is 0 Å². The number of allylic oxidation sites excluding steroid dienone is 1. The van der Waals surface area contributed by atoms with Gasteiger partial charge in [-0.3, -0.25) is 0 Å². The minimum atomic E-state index is -0.517. The van der Waals surface area contributed by atoms with Crippen molar-refractivity contribution in [1.82, 2.24) is 0 Å². The molecular formula is C11H14O2. The van der Waals surface area contributed by atoms with Gasteiger partial charge in [-0.05, 0) is 43.9 Å². The van der Waals surface area contributed by atoms with Gasteiger partial charge in [-0.1, -0.05) is 6.08 Å². The van der Waals surface area contributed by atoms with Crippen LogP contribution >= 0.6 is 0 Å². The van der Waals surface area contributed by atoms with Crippen LogP contribution in [0.1, 0.15) is 36.9 Å². The summed E-state index contributed by atoms with van der Waals surface area (Å²) in [6, 6.07) is 3.73. The first kappa shape index (κ1) is 8.57. The second kappa shape index (κ2) is 3.38. The molecule has 2 nitrogen and oxygen atoms in total. The lowest BCUT2D eigenvalue weighted by molar-refractivity contribution is 0.181. The average Bonchev–Trinajstić information content (AvgIpc) is 2.72. The summed E-state index contributed by atoms with van der Waals surface area (Å²) in [5, 5.41) is 9.87. The highest BCUT2D eigenvalue weighted by Gasteiger charge is 2.18. The lowest BCUT2D eigenvalue weighted by Gasteiger charge is -2.08. The van der Waals surface area contributed by atoms with Crippen LogP contribution in [0.3, 0.4) is 0 Å². The lowest BCUT2D eigenvalue weighted by Crippen LogP contribution is -1.97. The zero-order valence-corrected chi connectivity index (χ0v) is 7.79. The van der Waals surface area contributed by atoms with Gasteiger partial charge in [-0.2, -0.15) is 0 Å². The SMILES string of the molecule is Cc1ccc(C(O)C2=CCCC2)o1. The van der Waals surface area contributed by atoms with E-state index in [1.54, 1.807) is 0 Å². The average molecular weight is 178 g/mol. The van der Waals surface area contributed by atoms with Crippen molar-refractivity contribution in [2.75, 3.05) is 0 Å². The van der Waals surface area contributed by atoms with E-state index in [-0.39, 0.29) is 0 Å². The summed E-state index contributed by atoms with van der Waals surface area (Å²) in [4.78, 5) is 0. The van der Waals surface area contributed by atoms with Gasteiger partial charge in [0.25, 0.3) is 0 Å². The molecular weight excluding hydrogens is 164 g/mol. The quantitative estimate of drug-likeness (QED) is 0.706. The van der Waals surface area contributed by atoms with E-state index in [9.17, 15) is 5.11 Å². The number of aryl methyl sites for hydroxylation is 1. The van der Waals surface area contributed by atoms with Gasteiger partial charge in [0, 0.05) is 0 Å². The highest BCUT2D eigenvalue weighted by Crippen LogP contribution is 2.31. The van der Waals surface area contributed by atoms with Crippen molar-refractivity contribution in [2.24, 2.45) is 0 Å². The fraction of sp³-hybridized carbons (Fsp3) is 0.455. The van der Waals surface area contributed by atoms with E-state index in [0.717, 1.165) is 30.6 Å². The second-order valence-electron chi connectivity index (χ2n) is 3.52. The molecule has 0 spiro atoms. The molecule has 1 aliphatic rings. The van der Waals surface area contributed by atoms with Gasteiger partial charge >= 0.3 is 0 Å². The summed E-state index contributed by atoms with van der Waals surface area (Å²) in [7, 11) is 0. The van der Waals surface area contributed by atoms with Crippen molar-refractivity contribution in [2.45, 2.75) is 32.3 Å². The predicted octanol–water partition coefficient (Wildman–Crippen LogP) is 2.73. The molecule has 1 unspecified atom stereocenters. The number of hydrogen-bond donors (Lipinski definition) is 1. The molecule has 0 saturated carbocycles. The van der Waals surface area contributed by atoms with Gasteiger partial charge in [0.05, 0.1) is 0 Å². The number of hydrogen-bond acceptors (Lipinski definition) is 2. The molecule has 0 bridgehead atoms. The Morgan fingerprint density at radius 2 is 2.31 bits per heavy atom. The summed E-state index contributed by atoms with van der Waals surface area (Å²) in [6.45, 7) is 1.89. The van der Waals surface area contributed by atoms with Gasteiger partial charge < -0.3 is 9.52 Å². The third kappa shape index (κ3) is 1.68. The maximum absolute atomic E-state index is 9.87. The molecule has 1 heterocycles. The third-order valence-corrected chi connectivity index (χ3v) is 2.46. The molecule has 2 heteroatoms. The Morgan fingerprint density at radius 3 is 2.85 bits per heavy atom. The Morgan fingerprint density at radius 1 is 1.46 bits per heavy atom. The van der Waals surface area contributed by atoms with Crippen LogP contribution < -0.4 is 0 Å². The zero-order valence-electron chi connectivity index (χ0n) is 7.79. The molecule has 1 aromatic heterocycles. The highest BCUT2D eigenvalue weighted by atomic mass is 16.4. The zero-order chi connectivity index (χ0) is 9.26. The standard InChI is InChI=1S/C11H14O2/c1-8-6-7-10(13-8)11(12)9-4-2-3-5-9/h4,6-7,11-12H,2-3,5H2,1H3. The summed E-state index contributed by atoms with van der Waals surface area (Å²) >= 11 is 0. The van der Waals surface area contributed by atoms with Crippen LogP contribution in [-0.2, 0) is 0 Å². The van der Waals surface area contributed by atoms with E-state index in [1.165, 1.54) is 0 Å². The van der Waals surface area contributed by atoms with Gasteiger partial charge in [0.2, 0.25) is 0 Å². The third-order valence-electron chi connectivity index (χ3n) is 2.46. The molecule has 1 aromatic rings. The molecule has 70 valence electrons. The minimum absolute atomic E-state index is 0.517. The first-order valence-corrected chi connectivity index (χ1v) is 4.70. The summed E-state index contributed by atoms with van der Waals surface area (Å²) in [5.74, 6) is 1.53. The van der Waals surface area contributed by atoms with E-state index in [2.05, 4.69) is 6.08 Å². The van der Waals surface area contributed by atoms with Gasteiger partial charge in [-0.15, -0.1) is 0 Å². The highest BCUT2D eigenvalue weighted by molar-refractivity contribution is 5.21. The number of furan rings is 1. The Hall–Kier alpha value is -1.02. The Balaban J connectivity index is 2.16. The van der Waals surface area contributed by atoms with E-state index in [0.29, 0.717) is 5.76 Å². The van der Waals surface area contributed by atoms with Gasteiger partial charge in [0.15, 0.2) is 0 Å². The van der Waals surface area contributed by atoms with E-state index in [4.69, 9.17) is 4.42 Å². The topological polar surface area (TPSA) is 33.4 Å². The molecule has 1 N–H and O–H groups in total. The summed E-state index contributed by atoms with van der Waals surface area (Å²) in [6.07, 6.45) is 4.85. The van der Waals surface area contributed by atoms with E-state index < -0.39 is 6.10 Å². The normalized spacial score (nSPS) is 18.8. The second-order valence-corrected chi connectivity index (χ2v) is 3.52. The van der Waals surface area contributed by atoms with Crippen LogP contribution in [0.4, 0.5) is 0 Å². The monoisotopic (exact) mass is 178 g/mol.